The first-order valence-electron chi connectivity index (χ1n) is 7.63. The van der Waals surface area contributed by atoms with Gasteiger partial charge in [0.2, 0.25) is 0 Å². The van der Waals surface area contributed by atoms with Gasteiger partial charge >= 0.3 is 6.03 Å². The number of hydrogen-bond donors (Lipinski definition) is 3. The maximum Gasteiger partial charge on any atom is 0.319 e. The second-order valence-electron chi connectivity index (χ2n) is 5.15. The standard InChI is InChI=1S/C16H27N3O2.BrH/c1-4-9-19(10-5-2)11-8-13-6-7-15(20)14(12-13)18-16(21)17-3;/h6-7,12,20H,4-5,8-11H2,1-3H3,(H2,17,18,21);1H. The zero-order valence-electron chi connectivity index (χ0n) is 13.7. The zero-order chi connectivity index (χ0) is 15.7. The first-order chi connectivity index (χ1) is 10.1. The summed E-state index contributed by atoms with van der Waals surface area (Å²) in [6, 6.07) is 5.03. The van der Waals surface area contributed by atoms with E-state index in [0.29, 0.717) is 5.69 Å². The zero-order valence-corrected chi connectivity index (χ0v) is 15.4. The van der Waals surface area contributed by atoms with Gasteiger partial charge in [0.25, 0.3) is 0 Å². The minimum Gasteiger partial charge on any atom is -0.506 e. The van der Waals surface area contributed by atoms with Crippen LogP contribution < -0.4 is 10.6 Å². The summed E-state index contributed by atoms with van der Waals surface area (Å²) in [5.41, 5.74) is 1.56. The van der Waals surface area contributed by atoms with Crippen LogP contribution in [-0.4, -0.2) is 42.7 Å². The summed E-state index contributed by atoms with van der Waals surface area (Å²) >= 11 is 0. The fourth-order valence-corrected chi connectivity index (χ4v) is 2.28. The van der Waals surface area contributed by atoms with Gasteiger partial charge in [0, 0.05) is 13.6 Å². The highest BCUT2D eigenvalue weighted by Gasteiger charge is 2.08. The molecule has 6 heteroatoms. The number of carbonyl (C=O) groups is 1. The largest absolute Gasteiger partial charge is 0.506 e. The van der Waals surface area contributed by atoms with Gasteiger partial charge in [-0.2, -0.15) is 0 Å². The van der Waals surface area contributed by atoms with Crippen molar-refractivity contribution in [1.82, 2.24) is 10.2 Å². The molecule has 1 aromatic carbocycles. The van der Waals surface area contributed by atoms with Crippen LogP contribution in [0.4, 0.5) is 10.5 Å². The number of benzene rings is 1. The van der Waals surface area contributed by atoms with Crippen molar-refractivity contribution in [3.8, 4) is 5.75 Å². The Balaban J connectivity index is 0.00000441. The first-order valence-corrected chi connectivity index (χ1v) is 7.63. The van der Waals surface area contributed by atoms with Crippen molar-refractivity contribution >= 4 is 28.7 Å². The monoisotopic (exact) mass is 373 g/mol. The van der Waals surface area contributed by atoms with E-state index < -0.39 is 0 Å². The van der Waals surface area contributed by atoms with E-state index in [-0.39, 0.29) is 28.8 Å². The van der Waals surface area contributed by atoms with Gasteiger partial charge in [0.1, 0.15) is 5.75 Å². The molecule has 22 heavy (non-hydrogen) atoms. The highest BCUT2D eigenvalue weighted by atomic mass is 79.9. The van der Waals surface area contributed by atoms with Gasteiger partial charge in [-0.3, -0.25) is 0 Å². The number of carbonyl (C=O) groups excluding carboxylic acids is 1. The molecule has 2 amide bonds. The van der Waals surface area contributed by atoms with Crippen molar-refractivity contribution in [2.24, 2.45) is 0 Å². The second kappa shape index (κ2) is 11.3. The van der Waals surface area contributed by atoms with E-state index in [4.69, 9.17) is 0 Å². The predicted molar refractivity (Wildman–Crippen MR) is 97.2 cm³/mol. The number of anilines is 1. The second-order valence-corrected chi connectivity index (χ2v) is 5.15. The van der Waals surface area contributed by atoms with Gasteiger partial charge in [-0.05, 0) is 50.0 Å². The van der Waals surface area contributed by atoms with Crippen molar-refractivity contribution in [3.05, 3.63) is 23.8 Å². The van der Waals surface area contributed by atoms with Crippen LogP contribution in [0.15, 0.2) is 18.2 Å². The summed E-state index contributed by atoms with van der Waals surface area (Å²) in [7, 11) is 1.55. The Labute approximate surface area is 143 Å². The SMILES string of the molecule is Br.CCCN(CCC)CCc1ccc(O)c(NC(=O)NC)c1. The molecule has 0 heterocycles. The number of aromatic hydroxyl groups is 1. The molecule has 0 aliphatic heterocycles. The minimum absolute atomic E-state index is 0. The predicted octanol–water partition coefficient (Wildman–Crippen LogP) is 3.39. The summed E-state index contributed by atoms with van der Waals surface area (Å²) < 4.78 is 0. The lowest BCUT2D eigenvalue weighted by atomic mass is 10.1. The lowest BCUT2D eigenvalue weighted by Gasteiger charge is -2.21. The third kappa shape index (κ3) is 7.13. The maximum atomic E-state index is 11.3. The maximum absolute atomic E-state index is 11.3. The number of amides is 2. The molecule has 3 N–H and O–H groups in total. The van der Waals surface area contributed by atoms with Crippen LogP contribution in [0.1, 0.15) is 32.3 Å². The number of phenolic OH excluding ortho intramolecular Hbond substituents is 1. The average molecular weight is 374 g/mol. The van der Waals surface area contributed by atoms with Crippen molar-refractivity contribution in [1.29, 1.82) is 0 Å². The molecule has 1 rings (SSSR count). The molecular weight excluding hydrogens is 346 g/mol. The van der Waals surface area contributed by atoms with E-state index in [0.717, 1.165) is 44.5 Å². The van der Waals surface area contributed by atoms with Gasteiger partial charge in [-0.25, -0.2) is 4.79 Å². The van der Waals surface area contributed by atoms with Gasteiger partial charge in [0.15, 0.2) is 0 Å². The number of nitrogens with one attached hydrogen (secondary N) is 2. The van der Waals surface area contributed by atoms with Crippen LogP contribution in [0.3, 0.4) is 0 Å². The molecule has 0 atom stereocenters. The first kappa shape index (κ1) is 20.7. The summed E-state index contributed by atoms with van der Waals surface area (Å²) in [4.78, 5) is 13.8. The number of nitrogens with zero attached hydrogens (tertiary/aromatic N) is 1. The molecule has 126 valence electrons. The highest BCUT2D eigenvalue weighted by Crippen LogP contribution is 2.24. The lowest BCUT2D eigenvalue weighted by molar-refractivity contribution is 0.254. The van der Waals surface area contributed by atoms with Crippen molar-refractivity contribution in [2.45, 2.75) is 33.1 Å². The topological polar surface area (TPSA) is 64.6 Å². The molecule has 0 fully saturated rings. The smallest absolute Gasteiger partial charge is 0.319 e. The Morgan fingerprint density at radius 2 is 1.82 bits per heavy atom. The molecule has 0 aromatic heterocycles. The normalized spacial score (nSPS) is 10.2. The van der Waals surface area contributed by atoms with Crippen molar-refractivity contribution < 1.29 is 9.90 Å². The van der Waals surface area contributed by atoms with E-state index >= 15 is 0 Å². The van der Waals surface area contributed by atoms with Crippen molar-refractivity contribution in [3.63, 3.8) is 0 Å². The van der Waals surface area contributed by atoms with Crippen LogP contribution in [0, 0.1) is 0 Å². The minimum atomic E-state index is -0.332. The third-order valence-electron chi connectivity index (χ3n) is 3.33. The number of phenols is 1. The fraction of sp³-hybridized carbons (Fsp3) is 0.562. The van der Waals surface area contributed by atoms with Crippen LogP contribution in [-0.2, 0) is 6.42 Å². The van der Waals surface area contributed by atoms with Crippen LogP contribution in [0.5, 0.6) is 5.75 Å². The van der Waals surface area contributed by atoms with Gasteiger partial charge < -0.3 is 20.6 Å². The van der Waals surface area contributed by atoms with E-state index in [9.17, 15) is 9.90 Å². The van der Waals surface area contributed by atoms with Crippen LogP contribution >= 0.6 is 17.0 Å². The van der Waals surface area contributed by atoms with Crippen LogP contribution in [0.25, 0.3) is 0 Å². The quantitative estimate of drug-likeness (QED) is 0.611. The van der Waals surface area contributed by atoms with E-state index in [2.05, 4.69) is 29.4 Å². The fourth-order valence-electron chi connectivity index (χ4n) is 2.28. The van der Waals surface area contributed by atoms with Gasteiger partial charge in [-0.1, -0.05) is 19.9 Å². The van der Waals surface area contributed by atoms with Gasteiger partial charge in [0.05, 0.1) is 5.69 Å². The molecule has 0 saturated heterocycles. The summed E-state index contributed by atoms with van der Waals surface area (Å²) in [5.74, 6) is 0.0846. The summed E-state index contributed by atoms with van der Waals surface area (Å²) in [5, 5.41) is 14.9. The van der Waals surface area contributed by atoms with E-state index in [1.807, 2.05) is 12.1 Å². The molecule has 0 radical (unpaired) electrons. The van der Waals surface area contributed by atoms with Crippen LogP contribution in [0.2, 0.25) is 0 Å². The Morgan fingerprint density at radius 1 is 1.18 bits per heavy atom. The molecule has 0 unspecified atom stereocenters. The average Bonchev–Trinajstić information content (AvgIpc) is 2.48. The number of halogens is 1. The summed E-state index contributed by atoms with van der Waals surface area (Å²) in [6.07, 6.45) is 3.21. The molecule has 0 saturated carbocycles. The highest BCUT2D eigenvalue weighted by molar-refractivity contribution is 8.93. The Morgan fingerprint density at radius 3 is 2.36 bits per heavy atom. The molecule has 5 nitrogen and oxygen atoms in total. The third-order valence-corrected chi connectivity index (χ3v) is 3.33. The molecule has 0 bridgehead atoms. The van der Waals surface area contributed by atoms with Crippen molar-refractivity contribution in [2.75, 3.05) is 32.0 Å². The number of urea groups is 1. The molecule has 0 aliphatic carbocycles. The Bertz CT molecular complexity index is 449. The molecular formula is C16H28BrN3O2. The molecule has 0 spiro atoms. The number of hydrogen-bond acceptors (Lipinski definition) is 3. The Hall–Kier alpha value is -1.27. The Kier molecular flexibility index (Phi) is 10.7. The molecule has 1 aromatic rings. The number of rotatable bonds is 8. The van der Waals surface area contributed by atoms with E-state index in [1.54, 1.807) is 13.1 Å². The van der Waals surface area contributed by atoms with E-state index in [1.165, 1.54) is 0 Å². The molecule has 0 aliphatic rings. The summed E-state index contributed by atoms with van der Waals surface area (Å²) in [6.45, 7) is 7.58. The lowest BCUT2D eigenvalue weighted by Crippen LogP contribution is -2.28. The van der Waals surface area contributed by atoms with Gasteiger partial charge in [-0.15, -0.1) is 17.0 Å².